The van der Waals surface area contributed by atoms with Gasteiger partial charge in [-0.05, 0) is 12.1 Å². The van der Waals surface area contributed by atoms with Crippen LogP contribution in [0.15, 0.2) is 42.9 Å². The minimum Gasteiger partial charge on any atom is -0.490 e. The molecule has 98 valence electrons. The van der Waals surface area contributed by atoms with Crippen molar-refractivity contribution < 1.29 is 14.3 Å². The first-order valence-corrected chi connectivity index (χ1v) is 5.84. The largest absolute Gasteiger partial charge is 0.490 e. The summed E-state index contributed by atoms with van der Waals surface area (Å²) in [4.78, 5) is 20.2. The number of ketones is 1. The molecule has 0 saturated carbocycles. The number of hydrogen-bond donors (Lipinski definition) is 0. The zero-order valence-electron chi connectivity index (χ0n) is 10.6. The Morgan fingerprint density at radius 1 is 1.21 bits per heavy atom. The van der Waals surface area contributed by atoms with E-state index >= 15 is 0 Å². The summed E-state index contributed by atoms with van der Waals surface area (Å²) in [5.74, 6) is 0.316. The summed E-state index contributed by atoms with van der Waals surface area (Å²) >= 11 is 0. The number of hydrogen-bond acceptors (Lipinski definition) is 5. The van der Waals surface area contributed by atoms with E-state index in [2.05, 4.69) is 9.97 Å². The topological polar surface area (TPSA) is 61.3 Å². The predicted octanol–water partition coefficient (Wildman–Crippen LogP) is 1.73. The first-order chi connectivity index (χ1) is 9.33. The minimum atomic E-state index is -0.207. The normalized spacial score (nSPS) is 10.2. The molecule has 1 heterocycles. The van der Waals surface area contributed by atoms with Crippen LogP contribution < -0.4 is 4.74 Å². The fraction of sp³-hybridized carbons (Fsp3) is 0.214. The molecule has 5 heteroatoms. The van der Waals surface area contributed by atoms with Gasteiger partial charge in [0.1, 0.15) is 18.1 Å². The van der Waals surface area contributed by atoms with Gasteiger partial charge in [0.25, 0.3) is 0 Å². The quantitative estimate of drug-likeness (QED) is 0.583. The molecular formula is C14H14N2O3. The predicted molar refractivity (Wildman–Crippen MR) is 69.3 cm³/mol. The van der Waals surface area contributed by atoms with Crippen LogP contribution in [0.4, 0.5) is 0 Å². The lowest BCUT2D eigenvalue weighted by molar-refractivity contribution is 0.102. The van der Waals surface area contributed by atoms with Crippen molar-refractivity contribution in [3.05, 3.63) is 54.1 Å². The van der Waals surface area contributed by atoms with E-state index in [4.69, 9.17) is 9.47 Å². The second kappa shape index (κ2) is 6.61. The third-order valence-corrected chi connectivity index (χ3v) is 2.47. The Balaban J connectivity index is 2.22. The van der Waals surface area contributed by atoms with Crippen LogP contribution in [0.5, 0.6) is 5.75 Å². The van der Waals surface area contributed by atoms with Gasteiger partial charge in [0.2, 0.25) is 5.78 Å². The minimum absolute atomic E-state index is 0.207. The molecule has 1 aromatic carbocycles. The van der Waals surface area contributed by atoms with Crippen LogP contribution >= 0.6 is 0 Å². The SMILES string of the molecule is COCCOc1ccccc1C(=O)c1cnccn1. The van der Waals surface area contributed by atoms with E-state index in [1.165, 1.54) is 18.6 Å². The van der Waals surface area contributed by atoms with Crippen molar-refractivity contribution >= 4 is 5.78 Å². The van der Waals surface area contributed by atoms with E-state index in [9.17, 15) is 4.79 Å². The van der Waals surface area contributed by atoms with Gasteiger partial charge in [-0.15, -0.1) is 0 Å². The van der Waals surface area contributed by atoms with E-state index in [-0.39, 0.29) is 5.78 Å². The maximum absolute atomic E-state index is 12.3. The van der Waals surface area contributed by atoms with E-state index in [0.29, 0.717) is 30.2 Å². The molecular weight excluding hydrogens is 244 g/mol. The number of nitrogens with zero attached hydrogens (tertiary/aromatic N) is 2. The van der Waals surface area contributed by atoms with Crippen molar-refractivity contribution in [2.75, 3.05) is 20.3 Å². The average molecular weight is 258 g/mol. The number of ether oxygens (including phenoxy) is 2. The van der Waals surface area contributed by atoms with Gasteiger partial charge in [0.15, 0.2) is 0 Å². The highest BCUT2D eigenvalue weighted by Crippen LogP contribution is 2.20. The molecule has 0 N–H and O–H groups in total. The molecule has 0 spiro atoms. The van der Waals surface area contributed by atoms with Crippen molar-refractivity contribution in [1.29, 1.82) is 0 Å². The third kappa shape index (κ3) is 3.35. The van der Waals surface area contributed by atoms with Crippen LogP contribution in [0.3, 0.4) is 0 Å². The smallest absolute Gasteiger partial charge is 0.216 e. The highest BCUT2D eigenvalue weighted by Gasteiger charge is 2.15. The Bertz CT molecular complexity index is 543. The monoisotopic (exact) mass is 258 g/mol. The summed E-state index contributed by atoms with van der Waals surface area (Å²) < 4.78 is 10.4. The van der Waals surface area contributed by atoms with Crippen LogP contribution in [-0.2, 0) is 4.74 Å². The number of methoxy groups -OCH3 is 1. The fourth-order valence-electron chi connectivity index (χ4n) is 1.57. The van der Waals surface area contributed by atoms with Gasteiger partial charge in [-0.3, -0.25) is 9.78 Å². The van der Waals surface area contributed by atoms with Crippen LogP contribution in [0, 0.1) is 0 Å². The molecule has 0 fully saturated rings. The molecule has 1 aromatic heterocycles. The van der Waals surface area contributed by atoms with E-state index in [1.54, 1.807) is 25.3 Å². The summed E-state index contributed by atoms with van der Waals surface area (Å²) in [6.07, 6.45) is 4.45. The van der Waals surface area contributed by atoms with Crippen molar-refractivity contribution in [3.63, 3.8) is 0 Å². The summed E-state index contributed by atoms with van der Waals surface area (Å²) in [7, 11) is 1.60. The van der Waals surface area contributed by atoms with Crippen LogP contribution in [0.25, 0.3) is 0 Å². The fourth-order valence-corrected chi connectivity index (χ4v) is 1.57. The lowest BCUT2D eigenvalue weighted by Gasteiger charge is -2.09. The molecule has 0 aliphatic rings. The Morgan fingerprint density at radius 2 is 2.05 bits per heavy atom. The molecule has 0 aliphatic carbocycles. The maximum Gasteiger partial charge on any atom is 0.216 e. The van der Waals surface area contributed by atoms with Crippen molar-refractivity contribution in [2.45, 2.75) is 0 Å². The Labute approximate surface area is 111 Å². The van der Waals surface area contributed by atoms with Crippen LogP contribution in [0.2, 0.25) is 0 Å². The van der Waals surface area contributed by atoms with Crippen molar-refractivity contribution in [3.8, 4) is 5.75 Å². The molecule has 0 aliphatic heterocycles. The zero-order chi connectivity index (χ0) is 13.5. The Kier molecular flexibility index (Phi) is 4.58. The van der Waals surface area contributed by atoms with E-state index < -0.39 is 0 Å². The molecule has 0 amide bonds. The van der Waals surface area contributed by atoms with Gasteiger partial charge in [-0.25, -0.2) is 4.98 Å². The Morgan fingerprint density at radius 3 is 2.79 bits per heavy atom. The molecule has 19 heavy (non-hydrogen) atoms. The summed E-state index contributed by atoms with van der Waals surface area (Å²) in [5, 5.41) is 0. The van der Waals surface area contributed by atoms with Crippen LogP contribution in [0.1, 0.15) is 16.1 Å². The highest BCUT2D eigenvalue weighted by atomic mass is 16.5. The lowest BCUT2D eigenvalue weighted by Crippen LogP contribution is -2.10. The lowest BCUT2D eigenvalue weighted by atomic mass is 10.1. The number of aromatic nitrogens is 2. The van der Waals surface area contributed by atoms with E-state index in [0.717, 1.165) is 0 Å². The van der Waals surface area contributed by atoms with Gasteiger partial charge in [-0.1, -0.05) is 12.1 Å². The number of para-hydroxylation sites is 1. The number of carbonyl (C=O) groups is 1. The number of benzene rings is 1. The highest BCUT2D eigenvalue weighted by molar-refractivity contribution is 6.09. The molecule has 0 saturated heterocycles. The molecule has 2 rings (SSSR count). The molecule has 0 bridgehead atoms. The number of carbonyl (C=O) groups excluding carboxylic acids is 1. The molecule has 2 aromatic rings. The van der Waals surface area contributed by atoms with Crippen molar-refractivity contribution in [1.82, 2.24) is 9.97 Å². The van der Waals surface area contributed by atoms with E-state index in [1.807, 2.05) is 6.07 Å². The second-order valence-electron chi connectivity index (χ2n) is 3.76. The molecule has 5 nitrogen and oxygen atoms in total. The molecule has 0 unspecified atom stereocenters. The summed E-state index contributed by atoms with van der Waals surface area (Å²) in [6.45, 7) is 0.856. The average Bonchev–Trinajstić information content (AvgIpc) is 2.48. The van der Waals surface area contributed by atoms with Gasteiger partial charge in [-0.2, -0.15) is 0 Å². The molecule has 0 radical (unpaired) electrons. The first kappa shape index (κ1) is 13.2. The first-order valence-electron chi connectivity index (χ1n) is 5.84. The third-order valence-electron chi connectivity index (χ3n) is 2.47. The summed E-state index contributed by atoms with van der Waals surface area (Å²) in [6, 6.07) is 7.06. The number of rotatable bonds is 6. The van der Waals surface area contributed by atoms with Gasteiger partial charge in [0.05, 0.1) is 18.4 Å². The van der Waals surface area contributed by atoms with Crippen molar-refractivity contribution in [2.24, 2.45) is 0 Å². The summed E-state index contributed by atoms with van der Waals surface area (Å²) in [5.41, 5.74) is 0.768. The Hall–Kier alpha value is -2.27. The van der Waals surface area contributed by atoms with Gasteiger partial charge >= 0.3 is 0 Å². The second-order valence-corrected chi connectivity index (χ2v) is 3.76. The maximum atomic E-state index is 12.3. The van der Waals surface area contributed by atoms with Gasteiger partial charge in [0, 0.05) is 19.5 Å². The molecule has 0 atom stereocenters. The standard InChI is InChI=1S/C14H14N2O3/c1-18-8-9-19-13-5-3-2-4-11(13)14(17)12-10-15-6-7-16-12/h2-7,10H,8-9H2,1H3. The van der Waals surface area contributed by atoms with Gasteiger partial charge < -0.3 is 9.47 Å². The van der Waals surface area contributed by atoms with Crippen LogP contribution in [-0.4, -0.2) is 36.1 Å². The zero-order valence-corrected chi connectivity index (χ0v) is 10.6.